The van der Waals surface area contributed by atoms with Gasteiger partial charge in [0.25, 0.3) is 5.56 Å². The molecule has 0 aliphatic carbocycles. The van der Waals surface area contributed by atoms with E-state index in [1.807, 2.05) is 52.0 Å². The number of benzene rings is 2. The van der Waals surface area contributed by atoms with E-state index >= 15 is 0 Å². The van der Waals surface area contributed by atoms with Crippen LogP contribution in [-0.2, 0) is 9.53 Å². The van der Waals surface area contributed by atoms with Crippen molar-refractivity contribution < 1.29 is 28.5 Å². The molecule has 3 aromatic rings. The van der Waals surface area contributed by atoms with Gasteiger partial charge in [-0.3, -0.25) is 9.36 Å². The number of esters is 1. The fourth-order valence-electron chi connectivity index (χ4n) is 4.42. The van der Waals surface area contributed by atoms with Crippen LogP contribution in [0.1, 0.15) is 58.2 Å². The molecule has 0 fully saturated rings. The first-order valence-electron chi connectivity index (χ1n) is 13.8. The Hall–Kier alpha value is -4.05. The largest absolute Gasteiger partial charge is 0.490 e. The number of fused-ring (bicyclic) bond motifs is 1. The standard InChI is InChI=1S/C31H36N2O7S/c1-7-19(5)40-24-13-11-20(15-25(24)38-9-3)16-27-29(34)33-28(22(30(35)36-6)18-32-31(33)41-27)21-12-14-23(37-8-2)26(17-21)39-10-4/h11-19,28H,7-10H2,1-6H3/b27-16-/t19-,28-/m0/s1. The van der Waals surface area contributed by atoms with Crippen molar-refractivity contribution >= 4 is 23.4 Å². The molecular formula is C31H36N2O7S. The fraction of sp³-hybridized carbons (Fsp3) is 0.387. The van der Waals surface area contributed by atoms with Crippen LogP contribution >= 0.6 is 11.3 Å². The SMILES string of the molecule is CCOc1ccc([C@H]2C(C(=O)OC)=CN=c3s/c(=C\c4ccc(O[C@@H](C)CC)c(OCC)c4)c(=O)n32)cc1OCC. The summed E-state index contributed by atoms with van der Waals surface area (Å²) >= 11 is 1.24. The summed E-state index contributed by atoms with van der Waals surface area (Å²) in [5.74, 6) is 1.80. The maximum atomic E-state index is 13.9. The molecule has 9 nitrogen and oxygen atoms in total. The predicted molar refractivity (Wildman–Crippen MR) is 158 cm³/mol. The molecule has 0 spiro atoms. The molecule has 0 N–H and O–H groups in total. The summed E-state index contributed by atoms with van der Waals surface area (Å²) < 4.78 is 30.4. The van der Waals surface area contributed by atoms with E-state index in [9.17, 15) is 9.59 Å². The molecule has 1 aliphatic rings. The minimum atomic E-state index is -0.763. The van der Waals surface area contributed by atoms with Crippen molar-refractivity contribution in [1.82, 2.24) is 4.57 Å². The Balaban J connectivity index is 1.84. The minimum Gasteiger partial charge on any atom is -0.490 e. The number of hydrogen-bond acceptors (Lipinski definition) is 9. The van der Waals surface area contributed by atoms with E-state index in [-0.39, 0.29) is 17.2 Å². The summed E-state index contributed by atoms with van der Waals surface area (Å²) in [5, 5.41) is 0. The fourth-order valence-corrected chi connectivity index (χ4v) is 5.39. The second-order valence-corrected chi connectivity index (χ2v) is 10.2. The van der Waals surface area contributed by atoms with Crippen LogP contribution in [0.4, 0.5) is 0 Å². The number of nitrogens with zero attached hydrogens (tertiary/aromatic N) is 2. The van der Waals surface area contributed by atoms with Gasteiger partial charge in [0.1, 0.15) is 0 Å². The number of carbonyl (C=O) groups excluding carboxylic acids is 1. The third-order valence-electron chi connectivity index (χ3n) is 6.48. The van der Waals surface area contributed by atoms with Crippen molar-refractivity contribution in [3.05, 3.63) is 79.0 Å². The number of aromatic nitrogens is 1. The van der Waals surface area contributed by atoms with Crippen molar-refractivity contribution in [2.24, 2.45) is 4.99 Å². The lowest BCUT2D eigenvalue weighted by molar-refractivity contribution is -0.136. The van der Waals surface area contributed by atoms with Crippen molar-refractivity contribution in [2.75, 3.05) is 26.9 Å². The van der Waals surface area contributed by atoms with E-state index in [1.54, 1.807) is 18.2 Å². The molecule has 0 saturated heterocycles. The first kappa shape index (κ1) is 29.9. The van der Waals surface area contributed by atoms with Gasteiger partial charge in [0.15, 0.2) is 27.8 Å². The lowest BCUT2D eigenvalue weighted by atomic mass is 9.97. The molecule has 2 heterocycles. The lowest BCUT2D eigenvalue weighted by Gasteiger charge is -2.23. The van der Waals surface area contributed by atoms with Crippen LogP contribution in [0.3, 0.4) is 0 Å². The van der Waals surface area contributed by atoms with Crippen LogP contribution in [0, 0.1) is 0 Å². The van der Waals surface area contributed by atoms with Crippen LogP contribution in [0.25, 0.3) is 6.08 Å². The molecule has 218 valence electrons. The molecule has 0 saturated carbocycles. The quantitative estimate of drug-likeness (QED) is 0.293. The van der Waals surface area contributed by atoms with E-state index in [4.69, 9.17) is 23.7 Å². The highest BCUT2D eigenvalue weighted by molar-refractivity contribution is 7.07. The molecule has 10 heteroatoms. The molecule has 0 unspecified atom stereocenters. The van der Waals surface area contributed by atoms with Crippen LogP contribution in [0.2, 0.25) is 0 Å². The van der Waals surface area contributed by atoms with Crippen molar-refractivity contribution in [1.29, 1.82) is 0 Å². The zero-order valence-corrected chi connectivity index (χ0v) is 25.1. The normalized spacial score (nSPS) is 15.3. The molecule has 41 heavy (non-hydrogen) atoms. The lowest BCUT2D eigenvalue weighted by Crippen LogP contribution is -2.39. The number of thiazole rings is 1. The highest BCUT2D eigenvalue weighted by Crippen LogP contribution is 2.35. The number of methoxy groups -OCH3 is 1. The van der Waals surface area contributed by atoms with Gasteiger partial charge >= 0.3 is 5.97 Å². The maximum absolute atomic E-state index is 13.9. The van der Waals surface area contributed by atoms with Crippen LogP contribution in [-0.4, -0.2) is 43.6 Å². The van der Waals surface area contributed by atoms with Gasteiger partial charge in [-0.15, -0.1) is 0 Å². The molecule has 0 radical (unpaired) electrons. The smallest absolute Gasteiger partial charge is 0.337 e. The topological polar surface area (TPSA) is 97.6 Å². The highest BCUT2D eigenvalue weighted by Gasteiger charge is 2.31. The number of carbonyl (C=O) groups is 1. The summed E-state index contributed by atoms with van der Waals surface area (Å²) in [4.78, 5) is 31.6. The molecule has 2 atom stereocenters. The Morgan fingerprint density at radius 1 is 0.976 bits per heavy atom. The Kier molecular flexibility index (Phi) is 9.88. The Bertz CT molecular complexity index is 1610. The van der Waals surface area contributed by atoms with Gasteiger partial charge in [-0.1, -0.05) is 30.4 Å². The average Bonchev–Trinajstić information content (AvgIpc) is 3.29. The molecule has 4 rings (SSSR count). The van der Waals surface area contributed by atoms with Gasteiger partial charge in [0.05, 0.1) is 49.2 Å². The van der Waals surface area contributed by atoms with Gasteiger partial charge < -0.3 is 23.7 Å². The molecule has 1 aliphatic heterocycles. The number of ether oxygens (including phenoxy) is 5. The third kappa shape index (κ3) is 6.48. The summed E-state index contributed by atoms with van der Waals surface area (Å²) in [6.07, 6.45) is 4.17. The summed E-state index contributed by atoms with van der Waals surface area (Å²) in [6, 6.07) is 10.2. The zero-order chi connectivity index (χ0) is 29.5. The summed E-state index contributed by atoms with van der Waals surface area (Å²) in [5.41, 5.74) is 1.40. The third-order valence-corrected chi connectivity index (χ3v) is 7.47. The first-order chi connectivity index (χ1) is 19.8. The first-order valence-corrected chi connectivity index (χ1v) is 14.6. The minimum absolute atomic E-state index is 0.0404. The van der Waals surface area contributed by atoms with Gasteiger partial charge in [0, 0.05) is 6.20 Å². The number of hydrogen-bond donors (Lipinski definition) is 0. The highest BCUT2D eigenvalue weighted by atomic mass is 32.1. The number of rotatable bonds is 12. The Labute approximate surface area is 243 Å². The van der Waals surface area contributed by atoms with Crippen molar-refractivity contribution in [2.45, 2.75) is 53.2 Å². The van der Waals surface area contributed by atoms with Crippen LogP contribution in [0.5, 0.6) is 23.0 Å². The van der Waals surface area contributed by atoms with Crippen molar-refractivity contribution in [3.8, 4) is 23.0 Å². The molecule has 2 aromatic carbocycles. The van der Waals surface area contributed by atoms with Gasteiger partial charge in [-0.25, -0.2) is 9.79 Å². The van der Waals surface area contributed by atoms with E-state index in [0.29, 0.717) is 57.7 Å². The van der Waals surface area contributed by atoms with Crippen LogP contribution < -0.4 is 33.8 Å². The second kappa shape index (κ2) is 13.5. The van der Waals surface area contributed by atoms with Crippen LogP contribution in [0.15, 0.2) is 58.0 Å². The predicted octanol–water partition coefficient (Wildman–Crippen LogP) is 4.39. The molecule has 0 bridgehead atoms. The van der Waals surface area contributed by atoms with E-state index in [0.717, 1.165) is 12.0 Å². The second-order valence-electron chi connectivity index (χ2n) is 9.22. The van der Waals surface area contributed by atoms with E-state index in [2.05, 4.69) is 11.9 Å². The van der Waals surface area contributed by atoms with E-state index < -0.39 is 12.0 Å². The Morgan fingerprint density at radius 3 is 2.29 bits per heavy atom. The summed E-state index contributed by atoms with van der Waals surface area (Å²) in [6.45, 7) is 11.1. The van der Waals surface area contributed by atoms with Crippen molar-refractivity contribution in [3.63, 3.8) is 0 Å². The van der Waals surface area contributed by atoms with Gasteiger partial charge in [-0.05, 0) is 75.6 Å². The summed E-state index contributed by atoms with van der Waals surface area (Å²) in [7, 11) is 1.31. The maximum Gasteiger partial charge on any atom is 0.337 e. The van der Waals surface area contributed by atoms with Gasteiger partial charge in [0.2, 0.25) is 0 Å². The Morgan fingerprint density at radius 2 is 1.63 bits per heavy atom. The van der Waals surface area contributed by atoms with Gasteiger partial charge in [-0.2, -0.15) is 0 Å². The average molecular weight is 581 g/mol. The molecule has 0 amide bonds. The molecule has 1 aromatic heterocycles. The molecular weight excluding hydrogens is 544 g/mol. The zero-order valence-electron chi connectivity index (χ0n) is 24.3. The van der Waals surface area contributed by atoms with E-state index in [1.165, 1.54) is 29.2 Å². The monoisotopic (exact) mass is 580 g/mol.